The van der Waals surface area contributed by atoms with Crippen LogP contribution in [0.5, 0.6) is 0 Å². The molecule has 7 nitrogen and oxygen atoms in total. The van der Waals surface area contributed by atoms with Crippen molar-refractivity contribution in [3.63, 3.8) is 0 Å². The molecule has 2 unspecified atom stereocenters. The Kier molecular flexibility index (Phi) is 6.27. The van der Waals surface area contributed by atoms with Crippen molar-refractivity contribution in [2.45, 2.75) is 39.2 Å². The van der Waals surface area contributed by atoms with E-state index in [0.717, 1.165) is 6.42 Å². The molecule has 114 valence electrons. The molecule has 3 amide bonds. The number of aliphatic carboxylic acids is 1. The summed E-state index contributed by atoms with van der Waals surface area (Å²) in [6.45, 7) is 5.03. The van der Waals surface area contributed by atoms with Gasteiger partial charge in [-0.1, -0.05) is 6.92 Å². The molecule has 3 N–H and O–H groups in total. The molecule has 0 aromatic rings. The van der Waals surface area contributed by atoms with Crippen molar-refractivity contribution in [3.05, 3.63) is 0 Å². The lowest BCUT2D eigenvalue weighted by molar-refractivity contribution is -0.142. The van der Waals surface area contributed by atoms with Crippen LogP contribution in [0.15, 0.2) is 0 Å². The maximum absolute atomic E-state index is 11.9. The molecule has 0 radical (unpaired) electrons. The van der Waals surface area contributed by atoms with Gasteiger partial charge in [0.15, 0.2) is 0 Å². The molecule has 20 heavy (non-hydrogen) atoms. The third-order valence-corrected chi connectivity index (χ3v) is 3.53. The summed E-state index contributed by atoms with van der Waals surface area (Å²) in [5, 5.41) is 14.4. The molecule has 2 atom stereocenters. The van der Waals surface area contributed by atoms with E-state index in [1.165, 1.54) is 4.90 Å². The summed E-state index contributed by atoms with van der Waals surface area (Å²) >= 11 is 0. The molecule has 0 bridgehead atoms. The van der Waals surface area contributed by atoms with E-state index in [1.54, 1.807) is 6.92 Å². The lowest BCUT2D eigenvalue weighted by Gasteiger charge is -2.23. The van der Waals surface area contributed by atoms with Crippen molar-refractivity contribution < 1.29 is 19.5 Å². The minimum absolute atomic E-state index is 0.0926. The van der Waals surface area contributed by atoms with E-state index in [-0.39, 0.29) is 30.9 Å². The SMILES string of the molecule is CCCNC(=O)CCNC(=O)N1CCC(C(=O)O)C1C. The van der Waals surface area contributed by atoms with Gasteiger partial charge in [-0.2, -0.15) is 0 Å². The normalized spacial score (nSPS) is 21.6. The van der Waals surface area contributed by atoms with Crippen molar-refractivity contribution in [1.29, 1.82) is 0 Å². The van der Waals surface area contributed by atoms with Crippen LogP contribution in [0.25, 0.3) is 0 Å². The minimum atomic E-state index is -0.869. The topological polar surface area (TPSA) is 98.7 Å². The molecular weight excluding hydrogens is 262 g/mol. The van der Waals surface area contributed by atoms with Gasteiger partial charge in [0.25, 0.3) is 0 Å². The zero-order valence-electron chi connectivity index (χ0n) is 12.0. The molecule has 0 spiro atoms. The lowest BCUT2D eigenvalue weighted by atomic mass is 10.0. The van der Waals surface area contributed by atoms with Crippen LogP contribution >= 0.6 is 0 Å². The first-order chi connectivity index (χ1) is 9.47. The number of nitrogens with one attached hydrogen (secondary N) is 2. The summed E-state index contributed by atoms with van der Waals surface area (Å²) in [5.41, 5.74) is 0. The van der Waals surface area contributed by atoms with Gasteiger partial charge in [-0.3, -0.25) is 9.59 Å². The number of carboxylic acids is 1. The Labute approximate surface area is 118 Å². The molecule has 1 aliphatic heterocycles. The molecule has 0 aromatic carbocycles. The average Bonchev–Trinajstić information content (AvgIpc) is 2.78. The first-order valence-electron chi connectivity index (χ1n) is 7.01. The highest BCUT2D eigenvalue weighted by atomic mass is 16.4. The number of carboxylic acid groups (broad SMARTS) is 1. The summed E-state index contributed by atoms with van der Waals surface area (Å²) in [6, 6.07) is -0.619. The summed E-state index contributed by atoms with van der Waals surface area (Å²) in [5.74, 6) is -1.47. The van der Waals surface area contributed by atoms with E-state index < -0.39 is 11.9 Å². The van der Waals surface area contributed by atoms with Gasteiger partial charge in [0.2, 0.25) is 5.91 Å². The fourth-order valence-electron chi connectivity index (χ4n) is 2.29. The second-order valence-corrected chi connectivity index (χ2v) is 5.00. The summed E-state index contributed by atoms with van der Waals surface area (Å²) < 4.78 is 0. The average molecular weight is 285 g/mol. The van der Waals surface area contributed by atoms with E-state index in [1.807, 2.05) is 6.92 Å². The molecular formula is C13H23N3O4. The number of nitrogens with zero attached hydrogens (tertiary/aromatic N) is 1. The Morgan fingerprint density at radius 3 is 2.50 bits per heavy atom. The van der Waals surface area contributed by atoms with E-state index in [4.69, 9.17) is 5.11 Å². The van der Waals surface area contributed by atoms with Crippen LogP contribution in [0.1, 0.15) is 33.1 Å². The molecule has 1 heterocycles. The van der Waals surface area contributed by atoms with E-state index in [2.05, 4.69) is 10.6 Å². The maximum Gasteiger partial charge on any atom is 0.317 e. The number of rotatable bonds is 6. The van der Waals surface area contributed by atoms with Crippen molar-refractivity contribution in [1.82, 2.24) is 15.5 Å². The first kappa shape index (κ1) is 16.3. The Bertz CT molecular complexity index is 373. The second kappa shape index (κ2) is 7.72. The first-order valence-corrected chi connectivity index (χ1v) is 7.01. The monoisotopic (exact) mass is 285 g/mol. The van der Waals surface area contributed by atoms with Crippen molar-refractivity contribution in [2.75, 3.05) is 19.6 Å². The lowest BCUT2D eigenvalue weighted by Crippen LogP contribution is -2.44. The van der Waals surface area contributed by atoms with Gasteiger partial charge in [0.05, 0.1) is 5.92 Å². The van der Waals surface area contributed by atoms with Gasteiger partial charge in [0, 0.05) is 32.1 Å². The molecule has 0 saturated carbocycles. The highest BCUT2D eigenvalue weighted by Crippen LogP contribution is 2.24. The molecule has 1 aliphatic rings. The van der Waals surface area contributed by atoms with E-state index >= 15 is 0 Å². The quantitative estimate of drug-likeness (QED) is 0.658. The van der Waals surface area contributed by atoms with Crippen molar-refractivity contribution in [3.8, 4) is 0 Å². The fraction of sp³-hybridized carbons (Fsp3) is 0.769. The van der Waals surface area contributed by atoms with Gasteiger partial charge >= 0.3 is 12.0 Å². The minimum Gasteiger partial charge on any atom is -0.481 e. The Morgan fingerprint density at radius 2 is 1.95 bits per heavy atom. The van der Waals surface area contributed by atoms with Gasteiger partial charge in [0.1, 0.15) is 0 Å². The molecule has 1 saturated heterocycles. The molecule has 7 heteroatoms. The van der Waals surface area contributed by atoms with Gasteiger partial charge < -0.3 is 20.6 Å². The second-order valence-electron chi connectivity index (χ2n) is 5.00. The number of hydrogen-bond acceptors (Lipinski definition) is 3. The van der Waals surface area contributed by atoms with E-state index in [9.17, 15) is 14.4 Å². The highest BCUT2D eigenvalue weighted by Gasteiger charge is 2.37. The summed E-state index contributed by atoms with van der Waals surface area (Å²) in [4.78, 5) is 35.8. The molecule has 0 aromatic heterocycles. The summed E-state index contributed by atoms with van der Waals surface area (Å²) in [6.07, 6.45) is 1.58. The van der Waals surface area contributed by atoms with Gasteiger partial charge in [-0.15, -0.1) is 0 Å². The number of carbonyl (C=O) groups excluding carboxylic acids is 2. The summed E-state index contributed by atoms with van der Waals surface area (Å²) in [7, 11) is 0. The van der Waals surface area contributed by atoms with Gasteiger partial charge in [-0.05, 0) is 19.8 Å². The van der Waals surface area contributed by atoms with Crippen LogP contribution < -0.4 is 10.6 Å². The predicted molar refractivity (Wildman–Crippen MR) is 73.2 cm³/mol. The largest absolute Gasteiger partial charge is 0.481 e. The smallest absolute Gasteiger partial charge is 0.317 e. The number of amides is 3. The fourth-order valence-corrected chi connectivity index (χ4v) is 2.29. The molecule has 1 fully saturated rings. The number of carbonyl (C=O) groups is 3. The Hall–Kier alpha value is -1.79. The van der Waals surface area contributed by atoms with E-state index in [0.29, 0.717) is 19.5 Å². The van der Waals surface area contributed by atoms with Crippen molar-refractivity contribution in [2.24, 2.45) is 5.92 Å². The van der Waals surface area contributed by atoms with Crippen LogP contribution in [0.3, 0.4) is 0 Å². The van der Waals surface area contributed by atoms with Crippen LogP contribution in [-0.4, -0.2) is 53.6 Å². The van der Waals surface area contributed by atoms with Crippen molar-refractivity contribution >= 4 is 17.9 Å². The maximum atomic E-state index is 11.9. The Morgan fingerprint density at radius 1 is 1.25 bits per heavy atom. The van der Waals surface area contributed by atoms with Gasteiger partial charge in [-0.25, -0.2) is 4.79 Å². The predicted octanol–water partition coefficient (Wildman–Crippen LogP) is 0.407. The zero-order chi connectivity index (χ0) is 15.1. The van der Waals surface area contributed by atoms with Crippen LogP contribution in [-0.2, 0) is 9.59 Å². The third kappa shape index (κ3) is 4.40. The van der Waals surface area contributed by atoms with Crippen LogP contribution in [0.4, 0.5) is 4.79 Å². The zero-order valence-corrected chi connectivity index (χ0v) is 12.0. The third-order valence-electron chi connectivity index (χ3n) is 3.53. The van der Waals surface area contributed by atoms with Crippen LogP contribution in [0, 0.1) is 5.92 Å². The standard InChI is InChI=1S/C13H23N3O4/c1-3-6-14-11(17)4-7-15-13(20)16-8-5-10(9(16)2)12(18)19/h9-10H,3-8H2,1-2H3,(H,14,17)(H,15,20)(H,18,19). The molecule has 1 rings (SSSR count). The molecule has 0 aliphatic carbocycles. The number of urea groups is 1. The number of likely N-dealkylation sites (tertiary alicyclic amines) is 1. The number of hydrogen-bond donors (Lipinski definition) is 3. The highest BCUT2D eigenvalue weighted by molar-refractivity contribution is 5.79. The Balaban J connectivity index is 2.30. The van der Waals surface area contributed by atoms with Crippen LogP contribution in [0.2, 0.25) is 0 Å².